The number of nitriles is 1. The van der Waals surface area contributed by atoms with Crippen LogP contribution in [0.2, 0.25) is 10.0 Å². The topological polar surface area (TPSA) is 62.1 Å². The highest BCUT2D eigenvalue weighted by atomic mass is 35.5. The molecule has 0 atom stereocenters. The predicted octanol–water partition coefficient (Wildman–Crippen LogP) is 2.99. The van der Waals surface area contributed by atoms with Crippen LogP contribution in [0.4, 0.5) is 5.69 Å². The molecule has 0 aliphatic carbocycles. The molecule has 17 heavy (non-hydrogen) atoms. The summed E-state index contributed by atoms with van der Waals surface area (Å²) in [5.74, 6) is -0.733. The number of benzene rings is 1. The second-order valence-corrected chi connectivity index (χ2v) is 3.72. The maximum Gasteiger partial charge on any atom is 0.350 e. The SMILES string of the molecule is COC(=O)/C(C#N)=C\Nc1c(Cl)cccc1Cl. The summed E-state index contributed by atoms with van der Waals surface area (Å²) in [6, 6.07) is 6.65. The van der Waals surface area contributed by atoms with Crippen molar-refractivity contribution in [3.8, 4) is 6.07 Å². The summed E-state index contributed by atoms with van der Waals surface area (Å²) in [4.78, 5) is 11.1. The molecule has 0 radical (unpaired) electrons. The third kappa shape index (κ3) is 3.38. The molecule has 0 heterocycles. The van der Waals surface area contributed by atoms with Crippen LogP contribution >= 0.6 is 23.2 Å². The van der Waals surface area contributed by atoms with Crippen LogP contribution in [0.25, 0.3) is 0 Å². The van der Waals surface area contributed by atoms with Gasteiger partial charge in [0, 0.05) is 6.20 Å². The van der Waals surface area contributed by atoms with Gasteiger partial charge >= 0.3 is 5.97 Å². The minimum absolute atomic E-state index is 0.177. The zero-order valence-electron chi connectivity index (χ0n) is 8.83. The fourth-order valence-electron chi connectivity index (χ4n) is 1.03. The summed E-state index contributed by atoms with van der Waals surface area (Å²) in [5.41, 5.74) is 0.246. The summed E-state index contributed by atoms with van der Waals surface area (Å²) >= 11 is 11.8. The molecule has 1 aromatic carbocycles. The minimum Gasteiger partial charge on any atom is -0.465 e. The Morgan fingerprint density at radius 1 is 1.47 bits per heavy atom. The molecule has 6 heteroatoms. The van der Waals surface area contributed by atoms with E-state index in [1.54, 1.807) is 24.3 Å². The minimum atomic E-state index is -0.733. The largest absolute Gasteiger partial charge is 0.465 e. The van der Waals surface area contributed by atoms with E-state index in [1.807, 2.05) is 0 Å². The quantitative estimate of drug-likeness (QED) is 0.521. The van der Waals surface area contributed by atoms with Crippen LogP contribution in [0.5, 0.6) is 0 Å². The van der Waals surface area contributed by atoms with E-state index in [0.717, 1.165) is 0 Å². The Kier molecular flexibility index (Phi) is 4.83. The van der Waals surface area contributed by atoms with Gasteiger partial charge in [-0.25, -0.2) is 4.79 Å². The molecule has 88 valence electrons. The van der Waals surface area contributed by atoms with Gasteiger partial charge in [0.1, 0.15) is 6.07 Å². The third-order valence-electron chi connectivity index (χ3n) is 1.85. The second-order valence-electron chi connectivity index (χ2n) is 2.90. The number of halogens is 2. The molecule has 0 amide bonds. The van der Waals surface area contributed by atoms with E-state index in [0.29, 0.717) is 15.7 Å². The van der Waals surface area contributed by atoms with E-state index in [-0.39, 0.29) is 5.57 Å². The maximum atomic E-state index is 11.1. The number of para-hydroxylation sites is 1. The van der Waals surface area contributed by atoms with E-state index in [1.165, 1.54) is 13.3 Å². The molecule has 0 aliphatic rings. The lowest BCUT2D eigenvalue weighted by molar-refractivity contribution is -0.135. The molecule has 0 saturated carbocycles. The number of carbonyl (C=O) groups is 1. The summed E-state index contributed by atoms with van der Waals surface area (Å²) in [6.45, 7) is 0. The van der Waals surface area contributed by atoms with Crippen LogP contribution in [0.15, 0.2) is 30.0 Å². The number of nitrogens with one attached hydrogen (secondary N) is 1. The van der Waals surface area contributed by atoms with Crippen LogP contribution in [0, 0.1) is 11.3 Å². The van der Waals surface area contributed by atoms with Gasteiger partial charge in [-0.1, -0.05) is 29.3 Å². The standard InChI is InChI=1S/C11H8Cl2N2O2/c1-17-11(16)7(5-14)6-15-10-8(12)3-2-4-9(10)13/h2-4,6,15H,1H3/b7-6-. The average Bonchev–Trinajstić information content (AvgIpc) is 2.32. The van der Waals surface area contributed by atoms with Crippen molar-refractivity contribution in [2.24, 2.45) is 0 Å². The molecule has 0 fully saturated rings. The molecule has 1 N–H and O–H groups in total. The zero-order valence-corrected chi connectivity index (χ0v) is 10.3. The fourth-order valence-corrected chi connectivity index (χ4v) is 1.53. The Bertz CT molecular complexity index is 486. The van der Waals surface area contributed by atoms with Crippen LogP contribution in [-0.4, -0.2) is 13.1 Å². The van der Waals surface area contributed by atoms with E-state index in [2.05, 4.69) is 10.1 Å². The molecule has 0 saturated heterocycles. The number of nitrogens with zero attached hydrogens (tertiary/aromatic N) is 1. The molecule has 0 bridgehead atoms. The summed E-state index contributed by atoms with van der Waals surface area (Å²) in [7, 11) is 1.19. The molecule has 1 aromatic rings. The molecule has 4 nitrogen and oxygen atoms in total. The van der Waals surface area contributed by atoms with Crippen molar-refractivity contribution in [2.75, 3.05) is 12.4 Å². The van der Waals surface area contributed by atoms with Gasteiger partial charge in [-0.05, 0) is 12.1 Å². The molecule has 1 rings (SSSR count). The number of ether oxygens (including phenoxy) is 1. The Labute approximate surface area is 108 Å². The molecule has 0 aromatic heterocycles. The highest BCUT2D eigenvalue weighted by Crippen LogP contribution is 2.29. The molecule has 0 aliphatic heterocycles. The van der Waals surface area contributed by atoms with Crippen molar-refractivity contribution in [1.82, 2.24) is 0 Å². The van der Waals surface area contributed by atoms with Gasteiger partial charge < -0.3 is 10.1 Å². The molecule has 0 unspecified atom stereocenters. The lowest BCUT2D eigenvalue weighted by atomic mass is 10.3. The Hall–Kier alpha value is -1.70. The van der Waals surface area contributed by atoms with Gasteiger partial charge in [0.15, 0.2) is 5.57 Å². The van der Waals surface area contributed by atoms with E-state index < -0.39 is 5.97 Å². The normalized spacial score (nSPS) is 10.6. The highest BCUT2D eigenvalue weighted by Gasteiger charge is 2.09. The third-order valence-corrected chi connectivity index (χ3v) is 2.48. The van der Waals surface area contributed by atoms with Crippen LogP contribution < -0.4 is 5.32 Å². The Balaban J connectivity index is 2.96. The lowest BCUT2D eigenvalue weighted by Crippen LogP contribution is -2.05. The average molecular weight is 271 g/mol. The van der Waals surface area contributed by atoms with Gasteiger partial charge in [0.25, 0.3) is 0 Å². The number of methoxy groups -OCH3 is 1. The number of esters is 1. The Morgan fingerprint density at radius 2 is 2.06 bits per heavy atom. The zero-order chi connectivity index (χ0) is 12.8. The van der Waals surface area contributed by atoms with Crippen molar-refractivity contribution in [2.45, 2.75) is 0 Å². The molecular weight excluding hydrogens is 263 g/mol. The first kappa shape index (κ1) is 13.4. The number of rotatable bonds is 3. The molecule has 0 spiro atoms. The first-order chi connectivity index (χ1) is 8.10. The second kappa shape index (κ2) is 6.14. The van der Waals surface area contributed by atoms with Crippen LogP contribution in [-0.2, 0) is 9.53 Å². The van der Waals surface area contributed by atoms with Gasteiger partial charge in [-0.2, -0.15) is 5.26 Å². The lowest BCUT2D eigenvalue weighted by Gasteiger charge is -2.06. The smallest absolute Gasteiger partial charge is 0.350 e. The number of hydrogen-bond donors (Lipinski definition) is 1. The van der Waals surface area contributed by atoms with E-state index >= 15 is 0 Å². The number of carbonyl (C=O) groups excluding carboxylic acids is 1. The van der Waals surface area contributed by atoms with Crippen LogP contribution in [0.3, 0.4) is 0 Å². The van der Waals surface area contributed by atoms with Gasteiger partial charge in [0.2, 0.25) is 0 Å². The van der Waals surface area contributed by atoms with Gasteiger partial charge in [0.05, 0.1) is 22.8 Å². The number of anilines is 1. The van der Waals surface area contributed by atoms with E-state index in [4.69, 9.17) is 28.5 Å². The predicted molar refractivity (Wildman–Crippen MR) is 65.8 cm³/mol. The first-order valence-corrected chi connectivity index (χ1v) is 5.25. The van der Waals surface area contributed by atoms with Crippen molar-refractivity contribution < 1.29 is 9.53 Å². The van der Waals surface area contributed by atoms with Crippen molar-refractivity contribution in [3.05, 3.63) is 40.0 Å². The van der Waals surface area contributed by atoms with Crippen molar-refractivity contribution >= 4 is 34.9 Å². The highest BCUT2D eigenvalue weighted by molar-refractivity contribution is 6.39. The monoisotopic (exact) mass is 270 g/mol. The summed E-state index contributed by atoms with van der Waals surface area (Å²) < 4.78 is 4.42. The van der Waals surface area contributed by atoms with Gasteiger partial charge in [-0.3, -0.25) is 0 Å². The first-order valence-electron chi connectivity index (χ1n) is 4.49. The maximum absolute atomic E-state index is 11.1. The van der Waals surface area contributed by atoms with Crippen molar-refractivity contribution in [3.63, 3.8) is 0 Å². The number of hydrogen-bond acceptors (Lipinski definition) is 4. The van der Waals surface area contributed by atoms with Crippen LogP contribution in [0.1, 0.15) is 0 Å². The van der Waals surface area contributed by atoms with E-state index in [9.17, 15) is 4.79 Å². The van der Waals surface area contributed by atoms with Crippen molar-refractivity contribution in [1.29, 1.82) is 5.26 Å². The Morgan fingerprint density at radius 3 is 2.53 bits per heavy atom. The summed E-state index contributed by atoms with van der Waals surface area (Å²) in [6.07, 6.45) is 1.19. The fraction of sp³-hybridized carbons (Fsp3) is 0.0909. The summed E-state index contributed by atoms with van der Waals surface area (Å²) in [5, 5.41) is 12.2. The molecular formula is C11H8Cl2N2O2. The van der Waals surface area contributed by atoms with Gasteiger partial charge in [-0.15, -0.1) is 0 Å².